The molecule has 1 amide bonds. The van der Waals surface area contributed by atoms with Crippen molar-refractivity contribution in [1.82, 2.24) is 0 Å². The predicted molar refractivity (Wildman–Crippen MR) is 70.7 cm³/mol. The van der Waals surface area contributed by atoms with Crippen LogP contribution in [-0.2, 0) is 4.74 Å². The molecule has 1 aromatic rings. The maximum absolute atomic E-state index is 12.3. The van der Waals surface area contributed by atoms with Crippen molar-refractivity contribution in [1.29, 1.82) is 0 Å². The molecule has 0 aliphatic heterocycles. The molecule has 0 atom stereocenters. The zero-order chi connectivity index (χ0) is 15.6. The average molecular weight is 356 g/mol. The molecule has 4 nitrogen and oxygen atoms in total. The van der Waals surface area contributed by atoms with E-state index < -0.39 is 23.8 Å². The van der Waals surface area contributed by atoms with Gasteiger partial charge in [0.2, 0.25) is 0 Å². The lowest BCUT2D eigenvalue weighted by Gasteiger charge is -2.21. The summed E-state index contributed by atoms with van der Waals surface area (Å²) in [6.07, 6.45) is -5.74. The molecule has 0 bridgehead atoms. The van der Waals surface area contributed by atoms with Crippen molar-refractivity contribution in [3.63, 3.8) is 0 Å². The number of hydrogen-bond donors (Lipinski definition) is 1. The lowest BCUT2D eigenvalue weighted by atomic mass is 10.2. The van der Waals surface area contributed by atoms with Crippen LogP contribution in [0.15, 0.2) is 22.7 Å². The quantitative estimate of drug-likeness (QED) is 0.836. The van der Waals surface area contributed by atoms with Crippen molar-refractivity contribution in [3.05, 3.63) is 22.7 Å². The van der Waals surface area contributed by atoms with E-state index in [4.69, 9.17) is 4.74 Å². The number of rotatable bonds is 2. The summed E-state index contributed by atoms with van der Waals surface area (Å²) in [7, 11) is 0. The van der Waals surface area contributed by atoms with E-state index in [1.165, 1.54) is 18.2 Å². The highest BCUT2D eigenvalue weighted by atomic mass is 79.9. The van der Waals surface area contributed by atoms with Crippen molar-refractivity contribution in [2.24, 2.45) is 0 Å². The van der Waals surface area contributed by atoms with Crippen molar-refractivity contribution in [2.75, 3.05) is 5.32 Å². The first kappa shape index (κ1) is 16.6. The first-order valence-electron chi connectivity index (χ1n) is 5.52. The first-order chi connectivity index (χ1) is 8.98. The van der Waals surface area contributed by atoms with E-state index in [2.05, 4.69) is 26.0 Å². The lowest BCUT2D eigenvalue weighted by molar-refractivity contribution is -0.274. The highest BCUT2D eigenvalue weighted by molar-refractivity contribution is 9.10. The van der Waals surface area contributed by atoms with Gasteiger partial charge in [-0.3, -0.25) is 5.32 Å². The number of carbonyl (C=O) groups is 1. The highest BCUT2D eigenvalue weighted by Gasteiger charge is 2.33. The van der Waals surface area contributed by atoms with E-state index >= 15 is 0 Å². The standard InChI is InChI=1S/C12H13BrF3NO3/c1-11(2,3)20-10(18)17-8-6-4-5-7(13)9(8)19-12(14,15)16/h4-6H,1-3H3,(H,17,18). The molecule has 1 rings (SSSR count). The molecule has 1 N–H and O–H groups in total. The molecule has 8 heteroatoms. The van der Waals surface area contributed by atoms with Gasteiger partial charge < -0.3 is 9.47 Å². The molecule has 0 aromatic heterocycles. The third kappa shape index (κ3) is 5.68. The van der Waals surface area contributed by atoms with E-state index in [1.807, 2.05) is 0 Å². The zero-order valence-corrected chi connectivity index (χ0v) is 12.6. The van der Waals surface area contributed by atoms with Crippen LogP contribution in [0, 0.1) is 0 Å². The monoisotopic (exact) mass is 355 g/mol. The van der Waals surface area contributed by atoms with Crippen LogP contribution in [0.2, 0.25) is 0 Å². The molecule has 0 radical (unpaired) electrons. The number of ether oxygens (including phenoxy) is 2. The second-order valence-corrected chi connectivity index (χ2v) is 5.65. The molecular formula is C12H13BrF3NO3. The molecule has 20 heavy (non-hydrogen) atoms. The number of nitrogens with one attached hydrogen (secondary N) is 1. The van der Waals surface area contributed by atoms with Crippen LogP contribution in [0.5, 0.6) is 5.75 Å². The number of anilines is 1. The van der Waals surface area contributed by atoms with Gasteiger partial charge in [0, 0.05) is 0 Å². The van der Waals surface area contributed by atoms with E-state index in [9.17, 15) is 18.0 Å². The number of para-hydroxylation sites is 1. The molecule has 0 fully saturated rings. The van der Waals surface area contributed by atoms with Gasteiger partial charge in [-0.1, -0.05) is 6.07 Å². The highest BCUT2D eigenvalue weighted by Crippen LogP contribution is 2.37. The van der Waals surface area contributed by atoms with Crippen LogP contribution in [0.4, 0.5) is 23.7 Å². The maximum atomic E-state index is 12.3. The second kappa shape index (κ2) is 5.90. The molecule has 112 valence electrons. The molecule has 0 aliphatic rings. The Labute approximate surface area is 122 Å². The van der Waals surface area contributed by atoms with Crippen molar-refractivity contribution in [3.8, 4) is 5.75 Å². The number of amides is 1. The maximum Gasteiger partial charge on any atom is 0.573 e. The fourth-order valence-electron chi connectivity index (χ4n) is 1.24. The van der Waals surface area contributed by atoms with E-state index in [0.29, 0.717) is 0 Å². The second-order valence-electron chi connectivity index (χ2n) is 4.79. The summed E-state index contributed by atoms with van der Waals surface area (Å²) in [5, 5.41) is 2.21. The Balaban J connectivity index is 2.95. The Morgan fingerprint density at radius 3 is 2.35 bits per heavy atom. The summed E-state index contributed by atoms with van der Waals surface area (Å²) in [5.41, 5.74) is -0.910. The fraction of sp³-hybridized carbons (Fsp3) is 0.417. The molecule has 0 unspecified atom stereocenters. The Kier molecular flexibility index (Phi) is 4.90. The SMILES string of the molecule is CC(C)(C)OC(=O)Nc1cccc(Br)c1OC(F)(F)F. The summed E-state index contributed by atoms with van der Waals surface area (Å²) >= 11 is 2.93. The number of halogens is 4. The normalized spacial score (nSPS) is 11.9. The van der Waals surface area contributed by atoms with Crippen molar-refractivity contribution < 1.29 is 27.4 Å². The van der Waals surface area contributed by atoms with Crippen LogP contribution in [-0.4, -0.2) is 18.1 Å². The third-order valence-electron chi connectivity index (χ3n) is 1.82. The summed E-state index contributed by atoms with van der Waals surface area (Å²) in [6, 6.07) is 4.09. The van der Waals surface area contributed by atoms with E-state index in [-0.39, 0.29) is 10.2 Å². The third-order valence-corrected chi connectivity index (χ3v) is 2.44. The van der Waals surface area contributed by atoms with Crippen LogP contribution in [0.25, 0.3) is 0 Å². The molecule has 0 heterocycles. The summed E-state index contributed by atoms with van der Waals surface area (Å²) in [4.78, 5) is 11.6. The zero-order valence-electron chi connectivity index (χ0n) is 11.0. The van der Waals surface area contributed by atoms with Gasteiger partial charge in [0.1, 0.15) is 5.60 Å². The Morgan fingerprint density at radius 2 is 1.85 bits per heavy atom. The lowest BCUT2D eigenvalue weighted by Crippen LogP contribution is -2.27. The van der Waals surface area contributed by atoms with Gasteiger partial charge in [-0.2, -0.15) is 0 Å². The van der Waals surface area contributed by atoms with Crippen LogP contribution < -0.4 is 10.1 Å². The molecule has 0 saturated heterocycles. The van der Waals surface area contributed by atoms with Crippen LogP contribution in [0.3, 0.4) is 0 Å². The average Bonchev–Trinajstić information content (AvgIpc) is 2.18. The smallest absolute Gasteiger partial charge is 0.444 e. The minimum absolute atomic E-state index is 0.0587. The van der Waals surface area contributed by atoms with Gasteiger partial charge in [0.05, 0.1) is 10.2 Å². The first-order valence-corrected chi connectivity index (χ1v) is 6.31. The fourth-order valence-corrected chi connectivity index (χ4v) is 1.69. The van der Waals surface area contributed by atoms with Gasteiger partial charge in [0.25, 0.3) is 0 Å². The summed E-state index contributed by atoms with van der Waals surface area (Å²) in [5.74, 6) is -0.536. The number of alkyl halides is 3. The van der Waals surface area contributed by atoms with Crippen molar-refractivity contribution in [2.45, 2.75) is 32.7 Å². The van der Waals surface area contributed by atoms with Crippen LogP contribution in [0.1, 0.15) is 20.8 Å². The number of benzene rings is 1. The molecule has 0 aliphatic carbocycles. The molecular weight excluding hydrogens is 343 g/mol. The Morgan fingerprint density at radius 1 is 1.25 bits per heavy atom. The summed E-state index contributed by atoms with van der Waals surface area (Å²) < 4.78 is 45.9. The van der Waals surface area contributed by atoms with E-state index in [1.54, 1.807) is 20.8 Å². The van der Waals surface area contributed by atoms with Crippen molar-refractivity contribution >= 4 is 27.7 Å². The van der Waals surface area contributed by atoms with Gasteiger partial charge >= 0.3 is 12.5 Å². The minimum Gasteiger partial charge on any atom is -0.444 e. The molecule has 0 saturated carbocycles. The largest absolute Gasteiger partial charge is 0.573 e. The van der Waals surface area contributed by atoms with Gasteiger partial charge in [-0.05, 0) is 48.8 Å². The van der Waals surface area contributed by atoms with Gasteiger partial charge in [0.15, 0.2) is 5.75 Å². The van der Waals surface area contributed by atoms with Gasteiger partial charge in [-0.25, -0.2) is 4.79 Å². The summed E-state index contributed by atoms with van der Waals surface area (Å²) in [6.45, 7) is 4.92. The molecule has 0 spiro atoms. The topological polar surface area (TPSA) is 47.6 Å². The Bertz CT molecular complexity index is 498. The number of carbonyl (C=O) groups excluding carboxylic acids is 1. The Hall–Kier alpha value is -1.44. The number of hydrogen-bond acceptors (Lipinski definition) is 3. The molecule has 1 aromatic carbocycles. The minimum atomic E-state index is -4.87. The predicted octanol–water partition coefficient (Wildman–Crippen LogP) is 4.69. The van der Waals surface area contributed by atoms with Gasteiger partial charge in [-0.15, -0.1) is 13.2 Å². The van der Waals surface area contributed by atoms with E-state index in [0.717, 1.165) is 0 Å². The van der Waals surface area contributed by atoms with Crippen LogP contribution >= 0.6 is 15.9 Å².